The van der Waals surface area contributed by atoms with Crippen LogP contribution in [0.5, 0.6) is 0 Å². The van der Waals surface area contributed by atoms with E-state index in [0.29, 0.717) is 44.5 Å². The van der Waals surface area contributed by atoms with E-state index in [1.165, 1.54) is 11.8 Å². The Kier molecular flexibility index (Phi) is 8.04. The molecule has 35 heavy (non-hydrogen) atoms. The summed E-state index contributed by atoms with van der Waals surface area (Å²) in [5, 5.41) is 3.65. The van der Waals surface area contributed by atoms with E-state index in [1.54, 1.807) is 36.8 Å². The lowest BCUT2D eigenvalue weighted by Crippen LogP contribution is -2.27. The number of aryl methyl sites for hydroxylation is 2. The first-order valence-corrected chi connectivity index (χ1v) is 12.9. The molecule has 182 valence electrons. The second-order valence-electron chi connectivity index (χ2n) is 7.69. The highest BCUT2D eigenvalue weighted by molar-refractivity contribution is 7.99. The fourth-order valence-electron chi connectivity index (χ4n) is 3.56. The van der Waals surface area contributed by atoms with Gasteiger partial charge < -0.3 is 14.5 Å². The third kappa shape index (κ3) is 5.83. The van der Waals surface area contributed by atoms with Crippen LogP contribution >= 0.6 is 23.1 Å². The van der Waals surface area contributed by atoms with Crippen molar-refractivity contribution >= 4 is 45.2 Å². The van der Waals surface area contributed by atoms with Crippen molar-refractivity contribution in [1.82, 2.24) is 14.9 Å². The average molecular weight is 512 g/mol. The largest absolute Gasteiger partial charge is 0.467 e. The third-order valence-corrected chi connectivity index (χ3v) is 7.46. The SMILES string of the molecule is CCOC(=O)c1sc2nc(SCC(=O)NCc3ccco3)n(CCc3ccccc3)c(=O)c2c1C. The maximum absolute atomic E-state index is 13.6. The molecule has 0 atom stereocenters. The number of nitrogens with one attached hydrogen (secondary N) is 1. The molecule has 0 saturated heterocycles. The van der Waals surface area contributed by atoms with E-state index in [4.69, 9.17) is 14.1 Å². The minimum atomic E-state index is -0.463. The molecule has 4 aromatic rings. The highest BCUT2D eigenvalue weighted by atomic mass is 32.2. The minimum Gasteiger partial charge on any atom is -0.467 e. The Balaban J connectivity index is 1.62. The Hall–Kier alpha value is -3.37. The summed E-state index contributed by atoms with van der Waals surface area (Å²) in [6.07, 6.45) is 2.18. The van der Waals surface area contributed by atoms with E-state index in [1.807, 2.05) is 30.3 Å². The summed E-state index contributed by atoms with van der Waals surface area (Å²) in [6, 6.07) is 13.4. The number of aromatic nitrogens is 2. The summed E-state index contributed by atoms with van der Waals surface area (Å²) in [6.45, 7) is 4.40. The quantitative estimate of drug-likeness (QED) is 0.193. The second-order valence-corrected chi connectivity index (χ2v) is 9.63. The molecule has 1 amide bonds. The molecule has 0 aliphatic rings. The van der Waals surface area contributed by atoms with Crippen molar-refractivity contribution in [3.05, 3.63) is 80.8 Å². The summed E-state index contributed by atoms with van der Waals surface area (Å²) in [5.74, 6) is 0.0712. The van der Waals surface area contributed by atoms with Crippen LogP contribution in [0, 0.1) is 6.92 Å². The van der Waals surface area contributed by atoms with Crippen molar-refractivity contribution in [1.29, 1.82) is 0 Å². The molecule has 0 saturated carbocycles. The highest BCUT2D eigenvalue weighted by Gasteiger charge is 2.23. The van der Waals surface area contributed by atoms with Gasteiger partial charge in [0.1, 0.15) is 15.5 Å². The number of thiophene rings is 1. The topological polar surface area (TPSA) is 103 Å². The van der Waals surface area contributed by atoms with Gasteiger partial charge in [-0.15, -0.1) is 11.3 Å². The molecule has 1 aromatic carbocycles. The Morgan fingerprint density at radius 1 is 1.20 bits per heavy atom. The van der Waals surface area contributed by atoms with Crippen LogP contribution in [0.1, 0.15) is 33.5 Å². The molecule has 0 bridgehead atoms. The maximum atomic E-state index is 13.6. The van der Waals surface area contributed by atoms with Crippen molar-refractivity contribution in [2.75, 3.05) is 12.4 Å². The molecule has 0 spiro atoms. The van der Waals surface area contributed by atoms with Crippen molar-refractivity contribution in [3.8, 4) is 0 Å². The Bertz CT molecular complexity index is 1380. The maximum Gasteiger partial charge on any atom is 0.348 e. The zero-order chi connectivity index (χ0) is 24.8. The molecule has 0 radical (unpaired) electrons. The number of esters is 1. The molecule has 3 heterocycles. The van der Waals surface area contributed by atoms with Crippen molar-refractivity contribution in [2.45, 2.75) is 38.5 Å². The number of ether oxygens (including phenoxy) is 1. The first kappa shape index (κ1) is 24.7. The van der Waals surface area contributed by atoms with E-state index in [2.05, 4.69) is 5.32 Å². The van der Waals surface area contributed by atoms with Crippen LogP contribution in [0.3, 0.4) is 0 Å². The van der Waals surface area contributed by atoms with Gasteiger partial charge in [-0.1, -0.05) is 42.1 Å². The van der Waals surface area contributed by atoms with Crippen LogP contribution in [-0.4, -0.2) is 33.8 Å². The number of hydrogen-bond acceptors (Lipinski definition) is 8. The average Bonchev–Trinajstić information content (AvgIpc) is 3.49. The molecule has 3 aromatic heterocycles. The van der Waals surface area contributed by atoms with Crippen LogP contribution < -0.4 is 10.9 Å². The van der Waals surface area contributed by atoms with Crippen LogP contribution in [0.25, 0.3) is 10.2 Å². The van der Waals surface area contributed by atoms with Gasteiger partial charge in [0.15, 0.2) is 5.16 Å². The number of benzene rings is 1. The number of fused-ring (bicyclic) bond motifs is 1. The van der Waals surface area contributed by atoms with Gasteiger partial charge in [-0.05, 0) is 43.5 Å². The highest BCUT2D eigenvalue weighted by Crippen LogP contribution is 2.30. The van der Waals surface area contributed by atoms with Crippen LogP contribution in [0.2, 0.25) is 0 Å². The van der Waals surface area contributed by atoms with Gasteiger partial charge in [0.2, 0.25) is 5.91 Å². The number of rotatable bonds is 10. The second kappa shape index (κ2) is 11.4. The summed E-state index contributed by atoms with van der Waals surface area (Å²) in [5.41, 5.74) is 1.43. The number of thioether (sulfide) groups is 1. The van der Waals surface area contributed by atoms with Crippen LogP contribution in [0.15, 0.2) is 63.1 Å². The van der Waals surface area contributed by atoms with Gasteiger partial charge in [0, 0.05) is 6.54 Å². The zero-order valence-electron chi connectivity index (χ0n) is 19.4. The lowest BCUT2D eigenvalue weighted by atomic mass is 10.1. The predicted octanol–water partition coefficient (Wildman–Crippen LogP) is 4.19. The Labute approximate surface area is 210 Å². The molecule has 8 nitrogen and oxygen atoms in total. The van der Waals surface area contributed by atoms with Crippen LogP contribution in [0.4, 0.5) is 0 Å². The van der Waals surface area contributed by atoms with E-state index >= 15 is 0 Å². The van der Waals surface area contributed by atoms with Gasteiger partial charge in [0.25, 0.3) is 5.56 Å². The number of amides is 1. The van der Waals surface area contributed by atoms with Crippen molar-refractivity contribution in [2.24, 2.45) is 0 Å². The number of furan rings is 1. The zero-order valence-corrected chi connectivity index (χ0v) is 21.0. The fourth-order valence-corrected chi connectivity index (χ4v) is 5.53. The van der Waals surface area contributed by atoms with Gasteiger partial charge in [0.05, 0.1) is 30.6 Å². The minimum absolute atomic E-state index is 0.0824. The number of nitrogens with zero attached hydrogens (tertiary/aromatic N) is 2. The summed E-state index contributed by atoms with van der Waals surface area (Å²) in [7, 11) is 0. The van der Waals surface area contributed by atoms with Crippen molar-refractivity contribution < 1.29 is 18.7 Å². The monoisotopic (exact) mass is 511 g/mol. The molecule has 0 fully saturated rings. The number of hydrogen-bond donors (Lipinski definition) is 1. The van der Waals surface area contributed by atoms with Crippen LogP contribution in [-0.2, 0) is 29.0 Å². The van der Waals surface area contributed by atoms with E-state index < -0.39 is 5.97 Å². The van der Waals surface area contributed by atoms with E-state index in [0.717, 1.165) is 16.9 Å². The van der Waals surface area contributed by atoms with Gasteiger partial charge in [-0.3, -0.25) is 14.2 Å². The number of carbonyl (C=O) groups excluding carboxylic acids is 2. The number of carbonyl (C=O) groups is 2. The lowest BCUT2D eigenvalue weighted by molar-refractivity contribution is -0.118. The molecule has 1 N–H and O–H groups in total. The first-order valence-electron chi connectivity index (χ1n) is 11.1. The van der Waals surface area contributed by atoms with Crippen molar-refractivity contribution in [3.63, 3.8) is 0 Å². The Morgan fingerprint density at radius 2 is 2.00 bits per heavy atom. The summed E-state index contributed by atoms with van der Waals surface area (Å²) >= 11 is 2.33. The molecule has 0 unspecified atom stereocenters. The molecule has 0 aliphatic carbocycles. The van der Waals surface area contributed by atoms with E-state index in [9.17, 15) is 14.4 Å². The fraction of sp³-hybridized carbons (Fsp3) is 0.280. The van der Waals surface area contributed by atoms with Gasteiger partial charge in [-0.25, -0.2) is 9.78 Å². The normalized spacial score (nSPS) is 11.0. The molecular weight excluding hydrogens is 486 g/mol. The third-order valence-electron chi connectivity index (χ3n) is 5.32. The molecular formula is C25H25N3O5S2. The van der Waals surface area contributed by atoms with Gasteiger partial charge >= 0.3 is 5.97 Å². The Morgan fingerprint density at radius 3 is 2.71 bits per heavy atom. The first-order chi connectivity index (χ1) is 17.0. The molecule has 10 heteroatoms. The summed E-state index contributed by atoms with van der Waals surface area (Å²) < 4.78 is 12.0. The summed E-state index contributed by atoms with van der Waals surface area (Å²) in [4.78, 5) is 43.9. The molecule has 0 aliphatic heterocycles. The molecule has 4 rings (SSSR count). The van der Waals surface area contributed by atoms with Gasteiger partial charge in [-0.2, -0.15) is 0 Å². The van der Waals surface area contributed by atoms with E-state index in [-0.39, 0.29) is 30.4 Å². The lowest BCUT2D eigenvalue weighted by Gasteiger charge is -2.12. The predicted molar refractivity (Wildman–Crippen MR) is 136 cm³/mol. The standard InChI is InChI=1S/C25H25N3O5S2/c1-3-32-24(31)21-16(2)20-22(35-21)27-25(34-15-19(29)26-14-18-10-7-13-33-18)28(23(20)30)12-11-17-8-5-4-6-9-17/h4-10,13H,3,11-12,14-15H2,1-2H3,(H,26,29). The smallest absolute Gasteiger partial charge is 0.348 e.